The maximum absolute atomic E-state index is 13.0. The van der Waals surface area contributed by atoms with Gasteiger partial charge in [-0.05, 0) is 42.2 Å². The number of hydrogen-bond acceptors (Lipinski definition) is 4. The van der Waals surface area contributed by atoms with Crippen LogP contribution in [0.2, 0.25) is 0 Å². The van der Waals surface area contributed by atoms with Gasteiger partial charge in [0.25, 0.3) is 11.8 Å². The van der Waals surface area contributed by atoms with Crippen LogP contribution in [0.1, 0.15) is 15.9 Å². The predicted octanol–water partition coefficient (Wildman–Crippen LogP) is 3.04. The molecular formula is C21H22N2O3S. The van der Waals surface area contributed by atoms with Crippen LogP contribution < -0.4 is 5.32 Å². The maximum Gasteiger partial charge on any atom is 0.270 e. The maximum atomic E-state index is 13.0. The van der Waals surface area contributed by atoms with Gasteiger partial charge < -0.3 is 15.0 Å². The standard InChI is InChI=1S/C21H22N2O3S/c1-27-18-9-7-16(8-10-18)15-19(21(25)23-11-13-26-14-12-23)22-20(24)17-5-3-2-4-6-17/h2-10,15H,11-14H2,1H3,(H,22,24). The zero-order chi connectivity index (χ0) is 19.1. The van der Waals surface area contributed by atoms with Gasteiger partial charge >= 0.3 is 0 Å². The summed E-state index contributed by atoms with van der Waals surface area (Å²) < 4.78 is 5.32. The van der Waals surface area contributed by atoms with Crippen molar-refractivity contribution in [1.82, 2.24) is 10.2 Å². The Labute approximate surface area is 163 Å². The van der Waals surface area contributed by atoms with E-state index in [2.05, 4.69) is 5.32 Å². The molecule has 0 aliphatic carbocycles. The molecule has 27 heavy (non-hydrogen) atoms. The van der Waals surface area contributed by atoms with E-state index in [4.69, 9.17) is 4.74 Å². The first kappa shape index (κ1) is 19.2. The minimum absolute atomic E-state index is 0.198. The molecule has 1 saturated heterocycles. The molecule has 140 valence electrons. The van der Waals surface area contributed by atoms with Crippen molar-refractivity contribution in [2.75, 3.05) is 32.6 Å². The summed E-state index contributed by atoms with van der Waals surface area (Å²) in [6.45, 7) is 2.05. The van der Waals surface area contributed by atoms with Gasteiger partial charge in [-0.25, -0.2) is 0 Å². The van der Waals surface area contributed by atoms with Crippen LogP contribution in [0.5, 0.6) is 0 Å². The van der Waals surface area contributed by atoms with Crippen molar-refractivity contribution < 1.29 is 14.3 Å². The number of carbonyl (C=O) groups excluding carboxylic acids is 2. The van der Waals surface area contributed by atoms with Crippen LogP contribution in [0.15, 0.2) is 65.2 Å². The van der Waals surface area contributed by atoms with Crippen LogP contribution in [0, 0.1) is 0 Å². The Morgan fingerprint density at radius 3 is 2.33 bits per heavy atom. The minimum atomic E-state index is -0.302. The zero-order valence-corrected chi connectivity index (χ0v) is 16.0. The first-order valence-corrected chi connectivity index (χ1v) is 9.99. The number of benzene rings is 2. The van der Waals surface area contributed by atoms with Gasteiger partial charge in [0.2, 0.25) is 0 Å². The van der Waals surface area contributed by atoms with Crippen molar-refractivity contribution in [3.8, 4) is 0 Å². The van der Waals surface area contributed by atoms with E-state index in [9.17, 15) is 9.59 Å². The zero-order valence-electron chi connectivity index (χ0n) is 15.2. The molecular weight excluding hydrogens is 360 g/mol. The highest BCUT2D eigenvalue weighted by Gasteiger charge is 2.22. The molecule has 2 amide bonds. The molecule has 2 aromatic rings. The van der Waals surface area contributed by atoms with Crippen molar-refractivity contribution in [3.63, 3.8) is 0 Å². The Kier molecular flexibility index (Phi) is 6.68. The van der Waals surface area contributed by atoms with Crippen LogP contribution in [0.25, 0.3) is 6.08 Å². The quantitative estimate of drug-likeness (QED) is 0.638. The van der Waals surface area contributed by atoms with Crippen LogP contribution in [0.4, 0.5) is 0 Å². The number of nitrogens with one attached hydrogen (secondary N) is 1. The lowest BCUT2D eigenvalue weighted by Gasteiger charge is -2.27. The number of amides is 2. The van der Waals surface area contributed by atoms with E-state index in [-0.39, 0.29) is 17.5 Å². The molecule has 1 heterocycles. The second-order valence-corrected chi connectivity index (χ2v) is 6.94. The summed E-state index contributed by atoms with van der Waals surface area (Å²) >= 11 is 1.65. The highest BCUT2D eigenvalue weighted by Crippen LogP contribution is 2.17. The third kappa shape index (κ3) is 5.21. The second-order valence-electron chi connectivity index (χ2n) is 6.06. The van der Waals surface area contributed by atoms with E-state index in [1.54, 1.807) is 47.0 Å². The smallest absolute Gasteiger partial charge is 0.270 e. The van der Waals surface area contributed by atoms with Gasteiger partial charge in [-0.15, -0.1) is 11.8 Å². The van der Waals surface area contributed by atoms with E-state index in [1.165, 1.54) is 0 Å². The lowest BCUT2D eigenvalue weighted by atomic mass is 10.1. The molecule has 0 atom stereocenters. The van der Waals surface area contributed by atoms with E-state index < -0.39 is 0 Å². The molecule has 1 fully saturated rings. The van der Waals surface area contributed by atoms with Gasteiger partial charge in [0.05, 0.1) is 13.2 Å². The summed E-state index contributed by atoms with van der Waals surface area (Å²) in [6.07, 6.45) is 3.74. The number of carbonyl (C=O) groups is 2. The average molecular weight is 382 g/mol. The van der Waals surface area contributed by atoms with Crippen molar-refractivity contribution in [1.29, 1.82) is 0 Å². The summed E-state index contributed by atoms with van der Waals surface area (Å²) in [7, 11) is 0. The first-order valence-electron chi connectivity index (χ1n) is 8.76. The molecule has 0 spiro atoms. The number of ether oxygens (including phenoxy) is 1. The highest BCUT2D eigenvalue weighted by molar-refractivity contribution is 7.98. The molecule has 0 aromatic heterocycles. The van der Waals surface area contributed by atoms with E-state index in [0.29, 0.717) is 31.9 Å². The molecule has 0 unspecified atom stereocenters. The fourth-order valence-corrected chi connectivity index (χ4v) is 3.15. The number of morpholine rings is 1. The van der Waals surface area contributed by atoms with Gasteiger partial charge in [-0.3, -0.25) is 9.59 Å². The first-order chi connectivity index (χ1) is 13.2. The van der Waals surface area contributed by atoms with Crippen molar-refractivity contribution in [3.05, 3.63) is 71.4 Å². The molecule has 5 nitrogen and oxygen atoms in total. The SMILES string of the molecule is CSc1ccc(C=C(NC(=O)c2ccccc2)C(=O)N2CCOCC2)cc1. The third-order valence-electron chi connectivity index (χ3n) is 4.24. The Morgan fingerprint density at radius 1 is 1.04 bits per heavy atom. The largest absolute Gasteiger partial charge is 0.378 e. The topological polar surface area (TPSA) is 58.6 Å². The molecule has 0 saturated carbocycles. The summed E-state index contributed by atoms with van der Waals surface area (Å²) in [5, 5.41) is 2.79. The molecule has 6 heteroatoms. The predicted molar refractivity (Wildman–Crippen MR) is 108 cm³/mol. The van der Waals surface area contributed by atoms with Crippen molar-refractivity contribution in [2.45, 2.75) is 4.90 Å². The Hall–Kier alpha value is -2.57. The van der Waals surface area contributed by atoms with E-state index in [0.717, 1.165) is 10.5 Å². The Bertz CT molecular complexity index is 813. The number of hydrogen-bond donors (Lipinski definition) is 1. The summed E-state index contributed by atoms with van der Waals surface area (Å²) in [5.74, 6) is -0.499. The van der Waals surface area contributed by atoms with E-state index >= 15 is 0 Å². The second kappa shape index (κ2) is 9.39. The summed E-state index contributed by atoms with van der Waals surface area (Å²) in [4.78, 5) is 28.4. The number of rotatable bonds is 5. The van der Waals surface area contributed by atoms with Gasteiger partial charge in [-0.2, -0.15) is 0 Å². The molecule has 1 aliphatic rings. The fourth-order valence-electron chi connectivity index (χ4n) is 2.74. The monoisotopic (exact) mass is 382 g/mol. The molecule has 0 bridgehead atoms. The Morgan fingerprint density at radius 2 is 1.70 bits per heavy atom. The van der Waals surface area contributed by atoms with Crippen LogP contribution in [-0.2, 0) is 9.53 Å². The van der Waals surface area contributed by atoms with Crippen LogP contribution in [-0.4, -0.2) is 49.3 Å². The third-order valence-corrected chi connectivity index (χ3v) is 4.98. The van der Waals surface area contributed by atoms with Crippen LogP contribution >= 0.6 is 11.8 Å². The summed E-state index contributed by atoms with van der Waals surface area (Å²) in [6, 6.07) is 16.7. The number of nitrogens with zero attached hydrogens (tertiary/aromatic N) is 1. The van der Waals surface area contributed by atoms with E-state index in [1.807, 2.05) is 36.6 Å². The molecule has 0 radical (unpaired) electrons. The van der Waals surface area contributed by atoms with Crippen LogP contribution in [0.3, 0.4) is 0 Å². The minimum Gasteiger partial charge on any atom is -0.378 e. The number of thioether (sulfide) groups is 1. The average Bonchev–Trinajstić information content (AvgIpc) is 2.74. The highest BCUT2D eigenvalue weighted by atomic mass is 32.2. The molecule has 1 N–H and O–H groups in total. The fraction of sp³-hybridized carbons (Fsp3) is 0.238. The molecule has 3 rings (SSSR count). The van der Waals surface area contributed by atoms with Gasteiger partial charge in [0.1, 0.15) is 5.70 Å². The normalized spacial score (nSPS) is 14.7. The lowest BCUT2D eigenvalue weighted by Crippen LogP contribution is -2.44. The Balaban J connectivity index is 1.86. The molecule has 2 aromatic carbocycles. The van der Waals surface area contributed by atoms with Gasteiger partial charge in [0.15, 0.2) is 0 Å². The van der Waals surface area contributed by atoms with Gasteiger partial charge in [-0.1, -0.05) is 30.3 Å². The molecule has 1 aliphatic heterocycles. The van der Waals surface area contributed by atoms with Crippen molar-refractivity contribution in [2.24, 2.45) is 0 Å². The van der Waals surface area contributed by atoms with Gasteiger partial charge in [0, 0.05) is 23.5 Å². The lowest BCUT2D eigenvalue weighted by molar-refractivity contribution is -0.131. The van der Waals surface area contributed by atoms with Crippen molar-refractivity contribution >= 4 is 29.7 Å². The summed E-state index contributed by atoms with van der Waals surface area (Å²) in [5.41, 5.74) is 1.64.